The van der Waals surface area contributed by atoms with E-state index in [4.69, 9.17) is 70.5 Å². The van der Waals surface area contributed by atoms with E-state index in [-0.39, 0.29) is 18.7 Å². The number of H-pyrrole nitrogens is 2. The number of nitrogens with one attached hydrogen (secondary N) is 3. The van der Waals surface area contributed by atoms with Gasteiger partial charge in [-0.3, -0.25) is 9.80 Å². The van der Waals surface area contributed by atoms with E-state index < -0.39 is 12.2 Å². The van der Waals surface area contributed by atoms with Crippen LogP contribution in [-0.4, -0.2) is 108 Å². The summed E-state index contributed by atoms with van der Waals surface area (Å²) in [6, 6.07) is 40.7. The maximum Gasteiger partial charge on any atom is 0.416 e. The molecule has 2 aromatic heterocycles. The number of carbonyl (C=O) groups is 2. The minimum absolute atomic E-state index is 0.177. The van der Waals surface area contributed by atoms with Gasteiger partial charge in [0.2, 0.25) is 0 Å². The summed E-state index contributed by atoms with van der Waals surface area (Å²) >= 11 is 24.7. The number of carbonyl (C=O) groups excluding carboxylic acids is 2. The Morgan fingerprint density at radius 1 is 0.494 bits per heavy atom. The number of rotatable bonds is 22. The van der Waals surface area contributed by atoms with Crippen molar-refractivity contribution >= 4 is 80.4 Å². The number of hydrogen-bond donors (Lipinski definition) is 4. The molecule has 3 aliphatic rings. The Morgan fingerprint density at radius 2 is 0.916 bits per heavy atom. The van der Waals surface area contributed by atoms with Crippen LogP contribution in [0.2, 0.25) is 20.1 Å². The largest absolute Gasteiger partial charge is 0.494 e. The molecule has 2 unspecified atom stereocenters. The number of aromatic nitrogens is 2. The van der Waals surface area contributed by atoms with Crippen LogP contribution in [0.15, 0.2) is 133 Å². The van der Waals surface area contributed by atoms with E-state index in [9.17, 15) is 9.59 Å². The highest BCUT2D eigenvalue weighted by Crippen LogP contribution is 2.42. The molecular formula is C66H72Cl4N6O7. The van der Waals surface area contributed by atoms with Crippen molar-refractivity contribution in [2.45, 2.75) is 89.1 Å². The molecule has 8 aromatic rings. The second-order valence-electron chi connectivity index (χ2n) is 21.4. The molecule has 83 heavy (non-hydrogen) atoms. The molecule has 11 rings (SSSR count). The highest BCUT2D eigenvalue weighted by molar-refractivity contribution is 6.32. The minimum atomic E-state index is -0.424. The SMILES string of the molecule is O=C(Oc1ccc(Cl)cc1)N1CCc2c([nH]c3ccc(Cl)cc23)C1c1ccc(OCCCCCCN2CCCC2)cc1.O=C(Oc1ccc(Cl)cc1)N1CCc2c([nH]c3ccc(Cl)cc23)C1c1ccc(OCCCCCCNCCO)cc1. The van der Waals surface area contributed by atoms with E-state index in [2.05, 4.69) is 20.2 Å². The van der Waals surface area contributed by atoms with Gasteiger partial charge in [-0.1, -0.05) is 96.4 Å². The molecule has 17 heteroatoms. The van der Waals surface area contributed by atoms with Crippen LogP contribution in [0.25, 0.3) is 21.8 Å². The fraction of sp³-hybridized carbons (Fsp3) is 0.364. The lowest BCUT2D eigenvalue weighted by Gasteiger charge is -2.35. The minimum Gasteiger partial charge on any atom is -0.494 e. The Labute approximate surface area is 506 Å². The van der Waals surface area contributed by atoms with Crippen molar-refractivity contribution in [3.8, 4) is 23.0 Å². The van der Waals surface area contributed by atoms with E-state index in [0.717, 1.165) is 100 Å². The Bertz CT molecular complexity index is 3390. The Kier molecular flexibility index (Phi) is 21.2. The number of aliphatic hydroxyl groups is 1. The van der Waals surface area contributed by atoms with Gasteiger partial charge in [-0.15, -0.1) is 0 Å². The molecule has 0 aliphatic carbocycles. The highest BCUT2D eigenvalue weighted by atomic mass is 35.5. The number of aromatic amines is 2. The van der Waals surface area contributed by atoms with E-state index >= 15 is 0 Å². The number of likely N-dealkylation sites (tertiary alicyclic amines) is 1. The molecule has 2 amide bonds. The normalized spacial score (nSPS) is 15.9. The van der Waals surface area contributed by atoms with Gasteiger partial charge in [-0.2, -0.15) is 0 Å². The van der Waals surface area contributed by atoms with Crippen molar-refractivity contribution in [1.82, 2.24) is 30.0 Å². The Morgan fingerprint density at radius 3 is 1.37 bits per heavy atom. The smallest absolute Gasteiger partial charge is 0.416 e. The lowest BCUT2D eigenvalue weighted by atomic mass is 9.92. The van der Waals surface area contributed by atoms with Gasteiger partial charge >= 0.3 is 12.2 Å². The van der Waals surface area contributed by atoms with Crippen molar-refractivity contribution in [3.63, 3.8) is 0 Å². The summed E-state index contributed by atoms with van der Waals surface area (Å²) < 4.78 is 23.6. The zero-order valence-corrected chi connectivity index (χ0v) is 49.7. The van der Waals surface area contributed by atoms with Crippen LogP contribution < -0.4 is 24.3 Å². The summed E-state index contributed by atoms with van der Waals surface area (Å²) in [6.45, 7) is 7.91. The molecule has 0 bridgehead atoms. The zero-order valence-electron chi connectivity index (χ0n) is 46.7. The van der Waals surface area contributed by atoms with Crippen molar-refractivity contribution in [3.05, 3.63) is 187 Å². The second-order valence-corrected chi connectivity index (χ2v) is 23.2. The number of unbranched alkanes of at least 4 members (excludes halogenated alkanes) is 6. The third kappa shape index (κ3) is 15.7. The fourth-order valence-electron chi connectivity index (χ4n) is 11.5. The number of nitrogens with zero attached hydrogens (tertiary/aromatic N) is 3. The first-order valence-corrected chi connectivity index (χ1v) is 30.7. The van der Waals surface area contributed by atoms with E-state index in [1.165, 1.54) is 57.3 Å². The summed E-state index contributed by atoms with van der Waals surface area (Å²) in [5.41, 5.74) is 8.21. The van der Waals surface area contributed by atoms with Crippen LogP contribution in [0.1, 0.15) is 110 Å². The van der Waals surface area contributed by atoms with Gasteiger partial charge in [0.25, 0.3) is 0 Å². The third-order valence-corrected chi connectivity index (χ3v) is 16.7. The van der Waals surface area contributed by atoms with Crippen LogP contribution in [0, 0.1) is 0 Å². The first-order chi connectivity index (χ1) is 40.6. The molecule has 13 nitrogen and oxygen atoms in total. The molecule has 0 spiro atoms. The van der Waals surface area contributed by atoms with Crippen LogP contribution in [0.5, 0.6) is 23.0 Å². The molecule has 436 valence electrons. The number of hydrogen-bond acceptors (Lipinski definition) is 9. The maximum absolute atomic E-state index is 13.5. The van der Waals surface area contributed by atoms with Gasteiger partial charge in [0.1, 0.15) is 35.1 Å². The summed E-state index contributed by atoms with van der Waals surface area (Å²) in [7, 11) is 0. The number of aliphatic hydroxyl groups excluding tert-OH is 1. The molecule has 2 atom stereocenters. The van der Waals surface area contributed by atoms with Crippen LogP contribution >= 0.6 is 46.4 Å². The van der Waals surface area contributed by atoms with Gasteiger partial charge in [0.05, 0.1) is 19.8 Å². The van der Waals surface area contributed by atoms with Crippen LogP contribution in [0.4, 0.5) is 9.59 Å². The number of ether oxygens (including phenoxy) is 4. The molecule has 0 saturated carbocycles. The van der Waals surface area contributed by atoms with Crippen LogP contribution in [-0.2, 0) is 12.8 Å². The van der Waals surface area contributed by atoms with Crippen molar-refractivity contribution in [1.29, 1.82) is 0 Å². The predicted molar refractivity (Wildman–Crippen MR) is 333 cm³/mol. The van der Waals surface area contributed by atoms with Crippen molar-refractivity contribution in [2.75, 3.05) is 65.6 Å². The molecule has 1 saturated heterocycles. The summed E-state index contributed by atoms with van der Waals surface area (Å²) in [5.74, 6) is 2.54. The summed E-state index contributed by atoms with van der Waals surface area (Å²) in [4.78, 5) is 40.3. The fourth-order valence-corrected chi connectivity index (χ4v) is 12.1. The van der Waals surface area contributed by atoms with E-state index in [0.29, 0.717) is 77.3 Å². The quantitative estimate of drug-likeness (QED) is 0.0488. The summed E-state index contributed by atoms with van der Waals surface area (Å²) in [6.07, 6.45) is 12.3. The Hall–Kier alpha value is -6.42. The molecule has 6 aromatic carbocycles. The molecule has 4 N–H and O–H groups in total. The van der Waals surface area contributed by atoms with Gasteiger partial charge in [0.15, 0.2) is 0 Å². The van der Waals surface area contributed by atoms with Gasteiger partial charge < -0.3 is 44.2 Å². The summed E-state index contributed by atoms with van der Waals surface area (Å²) in [5, 5.41) is 16.7. The lowest BCUT2D eigenvalue weighted by Crippen LogP contribution is -2.42. The average molecular weight is 1200 g/mol. The number of benzene rings is 6. The number of amides is 2. The third-order valence-electron chi connectivity index (χ3n) is 15.7. The highest BCUT2D eigenvalue weighted by Gasteiger charge is 2.37. The van der Waals surface area contributed by atoms with E-state index in [1.807, 2.05) is 84.9 Å². The monoisotopic (exact) mass is 1200 g/mol. The van der Waals surface area contributed by atoms with Gasteiger partial charge in [-0.25, -0.2) is 9.59 Å². The predicted octanol–water partition coefficient (Wildman–Crippen LogP) is 15.8. The Balaban J connectivity index is 0.000000185. The second kappa shape index (κ2) is 29.4. The van der Waals surface area contributed by atoms with Crippen molar-refractivity contribution in [2.24, 2.45) is 0 Å². The average Bonchev–Trinajstić information content (AvgIpc) is 4.45. The standard InChI is InChI=1S/C34H37Cl2N3O3.C32H35Cl2N3O4/c35-25-9-14-28(15-10-25)42-34(40)39-21-17-29-30-23-26(36)11-16-31(30)37-32(29)33(39)24-7-12-27(13-8-24)41-22-6-2-1-3-18-38-19-4-5-20-38;33-23-7-12-26(13-8-23)41-32(39)37-18-15-27-28-21-24(34)9-14-29(28)36-30(27)31(37)22-5-10-25(11-6-22)40-20-4-2-1-3-16-35-17-19-38/h7-16,23,33,37H,1-6,17-22H2;5-14,21,31,35-36,38H,1-4,15-20H2. The van der Waals surface area contributed by atoms with E-state index in [1.54, 1.807) is 58.3 Å². The molecule has 1 fully saturated rings. The lowest BCUT2D eigenvalue weighted by molar-refractivity contribution is 0.134. The maximum atomic E-state index is 13.5. The van der Waals surface area contributed by atoms with Crippen molar-refractivity contribution < 1.29 is 33.6 Å². The molecular weight excluding hydrogens is 1130 g/mol. The molecule has 0 radical (unpaired) electrons. The molecule has 3 aliphatic heterocycles. The first kappa shape index (κ1) is 59.7. The molecule has 5 heterocycles. The number of fused-ring (bicyclic) bond motifs is 6. The first-order valence-electron chi connectivity index (χ1n) is 29.2. The van der Waals surface area contributed by atoms with Gasteiger partial charge in [0, 0.05) is 72.9 Å². The zero-order chi connectivity index (χ0) is 57.5. The topological polar surface area (TPSA) is 145 Å². The van der Waals surface area contributed by atoms with Gasteiger partial charge in [-0.05, 0) is 209 Å². The van der Waals surface area contributed by atoms with Crippen LogP contribution in [0.3, 0.4) is 0 Å². The number of halogens is 4.